The Bertz CT molecular complexity index is 1020. The van der Waals surface area contributed by atoms with Gasteiger partial charge in [-0.05, 0) is 48.5 Å². The first kappa shape index (κ1) is 23.5. The van der Waals surface area contributed by atoms with E-state index < -0.39 is 7.26 Å². The van der Waals surface area contributed by atoms with Crippen LogP contribution in [0.4, 0.5) is 0 Å². The number of hydrogen-bond donors (Lipinski definition) is 1. The van der Waals surface area contributed by atoms with Gasteiger partial charge in [-0.15, -0.1) is 0 Å². The molecule has 1 N–H and O–H groups in total. The second-order valence-corrected chi connectivity index (χ2v) is 11.4. The molecule has 2 nitrogen and oxygen atoms in total. The molecule has 4 aromatic carbocycles. The third-order valence-corrected chi connectivity index (χ3v) is 10.5. The summed E-state index contributed by atoms with van der Waals surface area (Å²) in [6, 6.07) is 35.7. The normalized spacial score (nSPS) is 10.9. The quantitative estimate of drug-likeness (QED) is 0.369. The van der Waals surface area contributed by atoms with Crippen molar-refractivity contribution in [1.82, 2.24) is 0 Å². The smallest absolute Gasteiger partial charge is 0.165 e. The van der Waals surface area contributed by atoms with Crippen molar-refractivity contribution in [3.05, 3.63) is 113 Å². The van der Waals surface area contributed by atoms with Crippen molar-refractivity contribution in [2.45, 2.75) is 6.16 Å². The highest BCUT2D eigenvalue weighted by atomic mass is 79.9. The molecule has 0 aliphatic heterocycles. The fourth-order valence-corrected chi connectivity index (χ4v) is 8.87. The highest BCUT2D eigenvalue weighted by molar-refractivity contribution is 9.10. The van der Waals surface area contributed by atoms with Gasteiger partial charge in [-0.3, -0.25) is 0 Å². The molecule has 5 heteroatoms. The van der Waals surface area contributed by atoms with Crippen LogP contribution in [0.3, 0.4) is 0 Å². The van der Waals surface area contributed by atoms with E-state index in [1.165, 1.54) is 15.9 Å². The van der Waals surface area contributed by atoms with Gasteiger partial charge >= 0.3 is 0 Å². The maximum absolute atomic E-state index is 11.0. The van der Waals surface area contributed by atoms with E-state index in [0.717, 1.165) is 10.0 Å². The molecule has 0 amide bonds. The Morgan fingerprint density at radius 3 is 1.52 bits per heavy atom. The first-order chi connectivity index (χ1) is 14.7. The molecule has 0 aromatic heterocycles. The number of hydrogen-bond acceptors (Lipinski definition) is 2. The van der Waals surface area contributed by atoms with Gasteiger partial charge in [0.2, 0.25) is 0 Å². The van der Waals surface area contributed by atoms with Crippen molar-refractivity contribution in [2.75, 3.05) is 7.11 Å². The summed E-state index contributed by atoms with van der Waals surface area (Å²) in [6.07, 6.45) is 0.675. The van der Waals surface area contributed by atoms with E-state index in [1.54, 1.807) is 13.2 Å². The van der Waals surface area contributed by atoms with Gasteiger partial charge in [0.25, 0.3) is 0 Å². The Morgan fingerprint density at radius 2 is 1.13 bits per heavy atom. The number of phenolic OH excluding ortho intramolecular Hbond substituents is 1. The standard InChI is InChI=1S/C26H22BrO2P.BrH/c1-29-25-18-17-24(27)23(26(25)28)19-30(20-11-5-2-6-12-20,21-13-7-3-8-14-21)22-15-9-4-10-16-22;/h2-18H,19H2,1H3;1H. The minimum absolute atomic E-state index is 0. The van der Waals surface area contributed by atoms with Crippen LogP contribution in [0.15, 0.2) is 108 Å². The second-order valence-electron chi connectivity index (χ2n) is 7.05. The van der Waals surface area contributed by atoms with Gasteiger partial charge in [0.15, 0.2) is 11.5 Å². The molecular weight excluding hydrogens is 535 g/mol. The average molecular weight is 558 g/mol. The third kappa shape index (κ3) is 4.57. The lowest BCUT2D eigenvalue weighted by Gasteiger charge is -2.28. The van der Waals surface area contributed by atoms with Crippen molar-refractivity contribution >= 4 is 39.1 Å². The monoisotopic (exact) mass is 556 g/mol. The number of aromatic hydroxyl groups is 1. The number of benzene rings is 4. The fraction of sp³-hybridized carbons (Fsp3) is 0.0769. The molecule has 158 valence electrons. The fourth-order valence-electron chi connectivity index (χ4n) is 3.91. The molecule has 0 saturated heterocycles. The van der Waals surface area contributed by atoms with Gasteiger partial charge in [-0.1, -0.05) is 70.5 Å². The molecular formula is C26H23Br2O2P. The summed E-state index contributed by atoms with van der Waals surface area (Å²) < 4.78 is 6.30. The molecule has 0 aliphatic rings. The Hall–Kier alpha value is -2.13. The highest BCUT2D eigenvalue weighted by Gasteiger charge is 2.46. The van der Waals surface area contributed by atoms with E-state index in [0.29, 0.717) is 11.9 Å². The molecule has 0 spiro atoms. The number of halogens is 2. The van der Waals surface area contributed by atoms with Crippen LogP contribution in [0, 0.1) is 0 Å². The minimum Gasteiger partial charge on any atom is -1.00 e. The average Bonchev–Trinajstić information content (AvgIpc) is 2.81. The zero-order valence-corrected chi connectivity index (χ0v) is 21.1. The van der Waals surface area contributed by atoms with Gasteiger partial charge in [0.1, 0.15) is 29.3 Å². The van der Waals surface area contributed by atoms with Crippen LogP contribution in [0.25, 0.3) is 0 Å². The van der Waals surface area contributed by atoms with Crippen LogP contribution >= 0.6 is 23.2 Å². The molecule has 4 rings (SSSR count). The zero-order valence-electron chi connectivity index (χ0n) is 17.1. The van der Waals surface area contributed by atoms with Gasteiger partial charge in [-0.25, -0.2) is 0 Å². The van der Waals surface area contributed by atoms with Crippen LogP contribution in [0.1, 0.15) is 5.56 Å². The van der Waals surface area contributed by atoms with Crippen molar-refractivity contribution < 1.29 is 26.8 Å². The van der Waals surface area contributed by atoms with Gasteiger partial charge < -0.3 is 26.8 Å². The van der Waals surface area contributed by atoms with Crippen LogP contribution in [0.5, 0.6) is 11.5 Å². The van der Waals surface area contributed by atoms with Crippen LogP contribution in [-0.2, 0) is 6.16 Å². The summed E-state index contributed by atoms with van der Waals surface area (Å²) >= 11 is 3.68. The van der Waals surface area contributed by atoms with E-state index in [2.05, 4.69) is 88.7 Å². The van der Waals surface area contributed by atoms with E-state index in [-0.39, 0.29) is 22.7 Å². The van der Waals surface area contributed by atoms with Crippen molar-refractivity contribution in [2.24, 2.45) is 0 Å². The summed E-state index contributed by atoms with van der Waals surface area (Å²) in [7, 11) is -0.521. The molecule has 4 aromatic rings. The maximum atomic E-state index is 11.0. The zero-order chi connectivity index (χ0) is 21.0. The summed E-state index contributed by atoms with van der Waals surface area (Å²) in [5.41, 5.74) is 0.860. The topological polar surface area (TPSA) is 29.5 Å². The van der Waals surface area contributed by atoms with Crippen LogP contribution < -0.4 is 37.6 Å². The summed E-state index contributed by atoms with van der Waals surface area (Å²) in [5, 5.41) is 14.9. The molecule has 0 saturated carbocycles. The molecule has 0 atom stereocenters. The number of phenols is 1. The number of ether oxygens (including phenoxy) is 1. The summed E-state index contributed by atoms with van der Waals surface area (Å²) in [6.45, 7) is 0. The van der Waals surface area contributed by atoms with Gasteiger partial charge in [0, 0.05) is 4.47 Å². The van der Waals surface area contributed by atoms with Gasteiger partial charge in [-0.2, -0.15) is 0 Å². The Morgan fingerprint density at radius 1 is 0.710 bits per heavy atom. The predicted octanol–water partition coefficient (Wildman–Crippen LogP) is 2.66. The Kier molecular flexibility index (Phi) is 7.94. The Balaban J connectivity index is 0.00000272. The van der Waals surface area contributed by atoms with Crippen molar-refractivity contribution in [3.8, 4) is 11.5 Å². The lowest BCUT2D eigenvalue weighted by Crippen LogP contribution is -3.00. The van der Waals surface area contributed by atoms with E-state index >= 15 is 0 Å². The maximum Gasteiger partial charge on any atom is 0.165 e. The largest absolute Gasteiger partial charge is 1.00 e. The van der Waals surface area contributed by atoms with E-state index in [4.69, 9.17) is 4.74 Å². The molecule has 31 heavy (non-hydrogen) atoms. The van der Waals surface area contributed by atoms with Crippen LogP contribution in [-0.4, -0.2) is 12.2 Å². The second kappa shape index (κ2) is 10.5. The number of rotatable bonds is 6. The summed E-state index contributed by atoms with van der Waals surface area (Å²) in [5.74, 6) is 0.680. The molecule has 0 bridgehead atoms. The molecule has 0 fully saturated rings. The van der Waals surface area contributed by atoms with E-state index in [9.17, 15) is 5.11 Å². The first-order valence-electron chi connectivity index (χ1n) is 9.76. The van der Waals surface area contributed by atoms with Crippen molar-refractivity contribution in [1.29, 1.82) is 0 Å². The Labute approximate surface area is 203 Å². The van der Waals surface area contributed by atoms with E-state index in [1.807, 2.05) is 24.3 Å². The van der Waals surface area contributed by atoms with Crippen molar-refractivity contribution in [3.63, 3.8) is 0 Å². The highest BCUT2D eigenvalue weighted by Crippen LogP contribution is 2.60. The minimum atomic E-state index is -2.10. The third-order valence-electron chi connectivity index (χ3n) is 5.39. The number of methoxy groups -OCH3 is 1. The predicted molar refractivity (Wildman–Crippen MR) is 131 cm³/mol. The van der Waals surface area contributed by atoms with Gasteiger partial charge in [0.05, 0.1) is 12.7 Å². The molecule has 0 unspecified atom stereocenters. The lowest BCUT2D eigenvalue weighted by atomic mass is 10.2. The first-order valence-corrected chi connectivity index (χ1v) is 12.5. The molecule has 0 radical (unpaired) electrons. The summed E-state index contributed by atoms with van der Waals surface area (Å²) in [4.78, 5) is 0. The lowest BCUT2D eigenvalue weighted by molar-refractivity contribution is -0.00000685. The SMILES string of the molecule is COc1ccc(Br)c(C[P+](c2ccccc2)(c2ccccc2)c2ccccc2)c1O.[Br-]. The molecule has 0 aliphatic carbocycles. The van der Waals surface area contributed by atoms with Crippen LogP contribution in [0.2, 0.25) is 0 Å². The molecule has 0 heterocycles.